The maximum atomic E-state index is 11.5. The van der Waals surface area contributed by atoms with E-state index in [1.807, 2.05) is 6.92 Å². The third-order valence-electron chi connectivity index (χ3n) is 2.48. The summed E-state index contributed by atoms with van der Waals surface area (Å²) >= 11 is 0. The molecular weight excluding hydrogens is 208 g/mol. The first-order valence-electron chi connectivity index (χ1n) is 5.38. The summed E-state index contributed by atoms with van der Waals surface area (Å²) in [6, 6.07) is 0.0955. The van der Waals surface area contributed by atoms with E-state index >= 15 is 0 Å². The molecule has 2 amide bonds. The van der Waals surface area contributed by atoms with E-state index < -0.39 is 6.09 Å². The second-order valence-corrected chi connectivity index (χ2v) is 4.82. The lowest BCUT2D eigenvalue weighted by Crippen LogP contribution is -2.42. The highest BCUT2D eigenvalue weighted by Crippen LogP contribution is 2.18. The minimum Gasteiger partial charge on any atom is -0.453 e. The minimum absolute atomic E-state index is 0.0332. The van der Waals surface area contributed by atoms with Crippen LogP contribution >= 0.6 is 0 Å². The number of hydrogen-bond acceptors (Lipinski definition) is 3. The number of ether oxygens (including phenoxy) is 1. The average Bonchev–Trinajstić information content (AvgIpc) is 2.15. The summed E-state index contributed by atoms with van der Waals surface area (Å²) in [6.07, 6.45) is -0.258. The van der Waals surface area contributed by atoms with Crippen LogP contribution in [0.25, 0.3) is 0 Å². The molecule has 0 aromatic rings. The van der Waals surface area contributed by atoms with Crippen molar-refractivity contribution in [1.29, 1.82) is 0 Å². The van der Waals surface area contributed by atoms with Crippen molar-refractivity contribution in [3.8, 4) is 0 Å². The van der Waals surface area contributed by atoms with Gasteiger partial charge in [-0.05, 0) is 12.3 Å². The van der Waals surface area contributed by atoms with E-state index in [9.17, 15) is 9.59 Å². The summed E-state index contributed by atoms with van der Waals surface area (Å²) in [4.78, 5) is 22.2. The van der Waals surface area contributed by atoms with Crippen LogP contribution in [0.15, 0.2) is 0 Å². The van der Waals surface area contributed by atoms with Gasteiger partial charge >= 0.3 is 6.09 Å². The normalized spacial score (nSPS) is 12.8. The molecule has 0 aromatic carbocycles. The standard InChI is InChI=1S/C11H22N2O3/c1-8(11(2,3)4)13-9(14)6-7-12-10(15)16-5/h8H,6-7H2,1-5H3,(H,12,15)(H,13,14). The second-order valence-electron chi connectivity index (χ2n) is 4.82. The quantitative estimate of drug-likeness (QED) is 0.764. The summed E-state index contributed by atoms with van der Waals surface area (Å²) < 4.78 is 4.39. The van der Waals surface area contributed by atoms with E-state index in [0.29, 0.717) is 0 Å². The highest BCUT2D eigenvalue weighted by Gasteiger charge is 2.21. The number of carbonyl (C=O) groups excluding carboxylic acids is 2. The van der Waals surface area contributed by atoms with Crippen molar-refractivity contribution in [1.82, 2.24) is 10.6 Å². The van der Waals surface area contributed by atoms with Crippen LogP contribution < -0.4 is 10.6 Å². The van der Waals surface area contributed by atoms with Gasteiger partial charge in [0.05, 0.1) is 7.11 Å². The highest BCUT2D eigenvalue weighted by atomic mass is 16.5. The molecule has 2 N–H and O–H groups in total. The summed E-state index contributed by atoms with van der Waals surface area (Å²) in [5, 5.41) is 5.33. The van der Waals surface area contributed by atoms with Crippen molar-refractivity contribution < 1.29 is 14.3 Å². The molecule has 5 heteroatoms. The zero-order chi connectivity index (χ0) is 12.8. The molecule has 1 atom stereocenters. The Morgan fingerprint density at radius 3 is 2.31 bits per heavy atom. The molecule has 0 heterocycles. The van der Waals surface area contributed by atoms with Crippen LogP contribution in [0.3, 0.4) is 0 Å². The minimum atomic E-state index is -0.517. The van der Waals surface area contributed by atoms with E-state index in [0.717, 1.165) is 0 Å². The lowest BCUT2D eigenvalue weighted by atomic mass is 9.88. The van der Waals surface area contributed by atoms with Crippen LogP contribution in [0.5, 0.6) is 0 Å². The average molecular weight is 230 g/mol. The van der Waals surface area contributed by atoms with Gasteiger partial charge in [-0.2, -0.15) is 0 Å². The number of amides is 2. The molecular formula is C11H22N2O3. The van der Waals surface area contributed by atoms with Crippen LogP contribution in [0.4, 0.5) is 4.79 Å². The molecule has 0 fully saturated rings. The van der Waals surface area contributed by atoms with E-state index in [1.165, 1.54) is 7.11 Å². The van der Waals surface area contributed by atoms with E-state index in [1.54, 1.807) is 0 Å². The maximum absolute atomic E-state index is 11.5. The van der Waals surface area contributed by atoms with Crippen molar-refractivity contribution in [2.45, 2.75) is 40.2 Å². The second kappa shape index (κ2) is 6.35. The Bertz CT molecular complexity index is 246. The first kappa shape index (κ1) is 14.7. The molecule has 0 rings (SSSR count). The number of carbonyl (C=O) groups is 2. The molecule has 0 radical (unpaired) electrons. The number of methoxy groups -OCH3 is 1. The van der Waals surface area contributed by atoms with Gasteiger partial charge < -0.3 is 15.4 Å². The Kier molecular flexibility index (Phi) is 5.85. The molecule has 0 bridgehead atoms. The van der Waals surface area contributed by atoms with E-state index in [-0.39, 0.29) is 30.3 Å². The molecule has 94 valence electrons. The Balaban J connectivity index is 3.79. The molecule has 0 aliphatic rings. The zero-order valence-corrected chi connectivity index (χ0v) is 10.7. The van der Waals surface area contributed by atoms with Gasteiger partial charge in [-0.25, -0.2) is 4.79 Å². The van der Waals surface area contributed by atoms with Crippen LogP contribution in [-0.4, -0.2) is 31.7 Å². The van der Waals surface area contributed by atoms with Gasteiger partial charge in [0.1, 0.15) is 0 Å². The van der Waals surface area contributed by atoms with Crippen LogP contribution in [0.2, 0.25) is 0 Å². The Morgan fingerprint density at radius 2 is 1.88 bits per heavy atom. The lowest BCUT2D eigenvalue weighted by Gasteiger charge is -2.28. The number of rotatable bonds is 4. The molecule has 0 saturated heterocycles. The fourth-order valence-electron chi connectivity index (χ4n) is 0.880. The van der Waals surface area contributed by atoms with Crippen LogP contribution in [0, 0.1) is 5.41 Å². The Labute approximate surface area is 96.9 Å². The first-order valence-corrected chi connectivity index (χ1v) is 5.38. The largest absolute Gasteiger partial charge is 0.453 e. The van der Waals surface area contributed by atoms with Crippen LogP contribution in [-0.2, 0) is 9.53 Å². The molecule has 0 aliphatic heterocycles. The van der Waals surface area contributed by atoms with Crippen molar-refractivity contribution in [3.63, 3.8) is 0 Å². The van der Waals surface area contributed by atoms with Gasteiger partial charge in [0, 0.05) is 19.0 Å². The first-order chi connectivity index (χ1) is 7.27. The smallest absolute Gasteiger partial charge is 0.406 e. The van der Waals surface area contributed by atoms with Crippen molar-refractivity contribution in [3.05, 3.63) is 0 Å². The van der Waals surface area contributed by atoms with E-state index in [4.69, 9.17) is 0 Å². The van der Waals surface area contributed by atoms with Crippen molar-refractivity contribution in [2.24, 2.45) is 5.41 Å². The topological polar surface area (TPSA) is 67.4 Å². The molecule has 16 heavy (non-hydrogen) atoms. The fourth-order valence-corrected chi connectivity index (χ4v) is 0.880. The third kappa shape index (κ3) is 6.27. The molecule has 5 nitrogen and oxygen atoms in total. The summed E-state index contributed by atoms with van der Waals surface area (Å²) in [5.41, 5.74) is 0.0332. The third-order valence-corrected chi connectivity index (χ3v) is 2.48. The van der Waals surface area contributed by atoms with Gasteiger partial charge in [0.2, 0.25) is 5.91 Å². The monoisotopic (exact) mass is 230 g/mol. The van der Waals surface area contributed by atoms with Crippen molar-refractivity contribution in [2.75, 3.05) is 13.7 Å². The number of hydrogen-bond donors (Lipinski definition) is 2. The number of nitrogens with one attached hydrogen (secondary N) is 2. The summed E-state index contributed by atoms with van der Waals surface area (Å²) in [5.74, 6) is -0.0705. The van der Waals surface area contributed by atoms with Gasteiger partial charge in [-0.3, -0.25) is 4.79 Å². The summed E-state index contributed by atoms with van der Waals surface area (Å²) in [7, 11) is 1.29. The van der Waals surface area contributed by atoms with E-state index in [2.05, 4.69) is 36.1 Å². The fraction of sp³-hybridized carbons (Fsp3) is 0.818. The Morgan fingerprint density at radius 1 is 1.31 bits per heavy atom. The van der Waals surface area contributed by atoms with Gasteiger partial charge in [-0.1, -0.05) is 20.8 Å². The van der Waals surface area contributed by atoms with Gasteiger partial charge in [0.15, 0.2) is 0 Å². The summed E-state index contributed by atoms with van der Waals surface area (Å²) in [6.45, 7) is 8.43. The zero-order valence-electron chi connectivity index (χ0n) is 10.7. The predicted molar refractivity (Wildman–Crippen MR) is 62.1 cm³/mol. The molecule has 0 aromatic heterocycles. The SMILES string of the molecule is COC(=O)NCCC(=O)NC(C)C(C)(C)C. The van der Waals surface area contributed by atoms with Gasteiger partial charge in [0.25, 0.3) is 0 Å². The lowest BCUT2D eigenvalue weighted by molar-refractivity contribution is -0.122. The molecule has 0 aliphatic carbocycles. The van der Waals surface area contributed by atoms with Crippen molar-refractivity contribution >= 4 is 12.0 Å². The van der Waals surface area contributed by atoms with Gasteiger partial charge in [-0.15, -0.1) is 0 Å². The predicted octanol–water partition coefficient (Wildman–Crippen LogP) is 1.28. The molecule has 0 saturated carbocycles. The molecule has 1 unspecified atom stereocenters. The number of alkyl carbamates (subject to hydrolysis) is 1. The highest BCUT2D eigenvalue weighted by molar-refractivity contribution is 5.77. The maximum Gasteiger partial charge on any atom is 0.406 e. The molecule has 0 spiro atoms. The van der Waals surface area contributed by atoms with Crippen LogP contribution in [0.1, 0.15) is 34.1 Å². The Hall–Kier alpha value is -1.26.